The van der Waals surface area contributed by atoms with Gasteiger partial charge in [-0.15, -0.1) is 12.4 Å². The first-order valence-electron chi connectivity index (χ1n) is 9.71. The van der Waals surface area contributed by atoms with Crippen LogP contribution < -0.4 is 5.32 Å². The number of nitrogens with one attached hydrogen (secondary N) is 1. The molecule has 2 aromatic carbocycles. The second kappa shape index (κ2) is 9.83. The Kier molecular flexibility index (Phi) is 7.21. The second-order valence-corrected chi connectivity index (χ2v) is 7.21. The van der Waals surface area contributed by atoms with E-state index in [1.165, 1.54) is 16.7 Å². The van der Waals surface area contributed by atoms with Crippen molar-refractivity contribution in [3.63, 3.8) is 0 Å². The summed E-state index contributed by atoms with van der Waals surface area (Å²) in [5.74, 6) is 0. The van der Waals surface area contributed by atoms with Crippen molar-refractivity contribution in [2.75, 3.05) is 13.2 Å². The number of nitrogens with zero attached hydrogens (tertiary/aromatic N) is 1. The lowest BCUT2D eigenvalue weighted by Crippen LogP contribution is -2.39. The van der Waals surface area contributed by atoms with Gasteiger partial charge in [0.2, 0.25) is 0 Å². The van der Waals surface area contributed by atoms with Crippen molar-refractivity contribution >= 4 is 12.4 Å². The average Bonchev–Trinajstić information content (AvgIpc) is 2.75. The smallest absolute Gasteiger partial charge is 0.0720 e. The molecule has 0 spiro atoms. The number of hydrogen-bond donors (Lipinski definition) is 1. The predicted molar refractivity (Wildman–Crippen MR) is 116 cm³/mol. The van der Waals surface area contributed by atoms with Gasteiger partial charge in [-0.05, 0) is 48.2 Å². The van der Waals surface area contributed by atoms with Gasteiger partial charge in [-0.1, -0.05) is 60.7 Å². The topological polar surface area (TPSA) is 34.2 Å². The van der Waals surface area contributed by atoms with Crippen molar-refractivity contribution in [1.29, 1.82) is 0 Å². The van der Waals surface area contributed by atoms with Crippen LogP contribution in [0.5, 0.6) is 0 Å². The highest BCUT2D eigenvalue weighted by atomic mass is 35.5. The third-order valence-corrected chi connectivity index (χ3v) is 5.42. The lowest BCUT2D eigenvalue weighted by atomic mass is 9.71. The van der Waals surface area contributed by atoms with Gasteiger partial charge in [0, 0.05) is 12.7 Å². The molecule has 1 N–H and O–H groups in total. The maximum atomic E-state index is 6.03. The minimum absolute atomic E-state index is 0. The number of rotatable bonds is 7. The van der Waals surface area contributed by atoms with Gasteiger partial charge >= 0.3 is 0 Å². The van der Waals surface area contributed by atoms with Crippen LogP contribution in [0.4, 0.5) is 0 Å². The Bertz CT molecular complexity index is 857. The van der Waals surface area contributed by atoms with Crippen LogP contribution in [-0.4, -0.2) is 18.1 Å². The molecule has 4 rings (SSSR count). The molecule has 3 aromatic rings. The molecule has 146 valence electrons. The Morgan fingerprint density at radius 3 is 2.54 bits per heavy atom. The highest BCUT2D eigenvalue weighted by Gasteiger charge is 2.39. The molecule has 0 saturated carbocycles. The van der Waals surface area contributed by atoms with E-state index in [2.05, 4.69) is 72.0 Å². The summed E-state index contributed by atoms with van der Waals surface area (Å²) in [6.45, 7) is 3.27. The van der Waals surface area contributed by atoms with Crippen LogP contribution in [0.1, 0.15) is 35.2 Å². The summed E-state index contributed by atoms with van der Waals surface area (Å²) >= 11 is 0. The lowest BCUT2D eigenvalue weighted by Gasteiger charge is -2.39. The molecular formula is C24H27ClN2O. The first kappa shape index (κ1) is 20.5. The number of halogens is 1. The molecule has 2 heterocycles. The van der Waals surface area contributed by atoms with Crippen molar-refractivity contribution < 1.29 is 4.74 Å². The Morgan fingerprint density at radius 2 is 1.71 bits per heavy atom. The fraction of sp³-hybridized carbons (Fsp3) is 0.292. The molecule has 1 unspecified atom stereocenters. The largest absolute Gasteiger partial charge is 0.375 e. The van der Waals surface area contributed by atoms with E-state index < -0.39 is 0 Å². The molecule has 0 fully saturated rings. The summed E-state index contributed by atoms with van der Waals surface area (Å²) < 4.78 is 6.03. The van der Waals surface area contributed by atoms with Crippen molar-refractivity contribution in [2.24, 2.45) is 0 Å². The molecule has 0 bridgehead atoms. The molecule has 1 atom stereocenters. The fourth-order valence-electron chi connectivity index (χ4n) is 4.06. The second-order valence-electron chi connectivity index (χ2n) is 7.21. The quantitative estimate of drug-likeness (QED) is 0.579. The molecule has 3 nitrogen and oxygen atoms in total. The van der Waals surface area contributed by atoms with Crippen LogP contribution in [0, 0.1) is 0 Å². The van der Waals surface area contributed by atoms with Crippen molar-refractivity contribution in [3.8, 4) is 0 Å². The van der Waals surface area contributed by atoms with Gasteiger partial charge in [-0.25, -0.2) is 0 Å². The SMILES string of the molecule is Cl.c1ccc(CNCCCC2(c3ccccn3)COCc3ccccc32)cc1. The van der Waals surface area contributed by atoms with Crippen LogP contribution in [0.3, 0.4) is 0 Å². The highest BCUT2D eigenvalue weighted by molar-refractivity contribution is 5.85. The van der Waals surface area contributed by atoms with Crippen LogP contribution in [0.2, 0.25) is 0 Å². The van der Waals surface area contributed by atoms with Gasteiger partial charge in [0.05, 0.1) is 24.3 Å². The summed E-state index contributed by atoms with van der Waals surface area (Å²) in [4.78, 5) is 4.72. The van der Waals surface area contributed by atoms with E-state index in [-0.39, 0.29) is 17.8 Å². The molecule has 4 heteroatoms. The van der Waals surface area contributed by atoms with E-state index in [0.29, 0.717) is 13.2 Å². The first-order chi connectivity index (χ1) is 13.4. The molecular weight excluding hydrogens is 368 g/mol. The van der Waals surface area contributed by atoms with Gasteiger partial charge < -0.3 is 10.1 Å². The minimum Gasteiger partial charge on any atom is -0.375 e. The third-order valence-electron chi connectivity index (χ3n) is 5.42. The molecule has 0 radical (unpaired) electrons. The standard InChI is InChI=1S/C24H26N2O.ClH/c1-2-9-20(10-3-1)17-25-15-8-14-24(23-13-6-7-16-26-23)19-27-18-21-11-4-5-12-22(21)24;/h1-7,9-13,16,25H,8,14-15,17-19H2;1H. The van der Waals surface area contributed by atoms with Gasteiger partial charge in [-0.2, -0.15) is 0 Å². The van der Waals surface area contributed by atoms with Crippen molar-refractivity contribution in [2.45, 2.75) is 31.4 Å². The lowest BCUT2D eigenvalue weighted by molar-refractivity contribution is 0.0598. The molecule has 1 aliphatic rings. The normalized spacial score (nSPS) is 18.1. The Balaban J connectivity index is 0.00000225. The summed E-state index contributed by atoms with van der Waals surface area (Å²) in [6.07, 6.45) is 3.98. The fourth-order valence-corrected chi connectivity index (χ4v) is 4.06. The number of pyridine rings is 1. The van der Waals surface area contributed by atoms with E-state index >= 15 is 0 Å². The van der Waals surface area contributed by atoms with Crippen molar-refractivity contribution in [1.82, 2.24) is 10.3 Å². The Hall–Kier alpha value is -2.20. The number of fused-ring (bicyclic) bond motifs is 1. The van der Waals surface area contributed by atoms with Crippen LogP contribution >= 0.6 is 12.4 Å². The number of hydrogen-bond acceptors (Lipinski definition) is 3. The monoisotopic (exact) mass is 394 g/mol. The van der Waals surface area contributed by atoms with E-state index in [9.17, 15) is 0 Å². The van der Waals surface area contributed by atoms with Gasteiger partial charge in [0.1, 0.15) is 0 Å². The molecule has 1 aliphatic heterocycles. The Labute approximate surface area is 173 Å². The van der Waals surface area contributed by atoms with Crippen molar-refractivity contribution in [3.05, 3.63) is 101 Å². The van der Waals surface area contributed by atoms with Gasteiger partial charge in [0.15, 0.2) is 0 Å². The molecule has 0 saturated heterocycles. The molecule has 28 heavy (non-hydrogen) atoms. The Morgan fingerprint density at radius 1 is 0.929 bits per heavy atom. The molecule has 0 amide bonds. The zero-order chi connectivity index (χ0) is 18.4. The summed E-state index contributed by atoms with van der Waals surface area (Å²) in [6, 6.07) is 25.4. The average molecular weight is 395 g/mol. The zero-order valence-electron chi connectivity index (χ0n) is 16.0. The zero-order valence-corrected chi connectivity index (χ0v) is 16.8. The van der Waals surface area contributed by atoms with E-state index in [4.69, 9.17) is 9.72 Å². The number of ether oxygens (including phenoxy) is 1. The summed E-state index contributed by atoms with van der Waals surface area (Å²) in [5, 5.41) is 3.57. The maximum absolute atomic E-state index is 6.03. The summed E-state index contributed by atoms with van der Waals surface area (Å²) in [5.41, 5.74) is 4.93. The molecule has 1 aromatic heterocycles. The van der Waals surface area contributed by atoms with E-state index in [1.54, 1.807) is 0 Å². The number of benzene rings is 2. The third kappa shape index (κ3) is 4.44. The maximum Gasteiger partial charge on any atom is 0.0720 e. The van der Waals surface area contributed by atoms with Crippen LogP contribution in [0.15, 0.2) is 79.0 Å². The first-order valence-corrected chi connectivity index (χ1v) is 9.71. The van der Waals surface area contributed by atoms with Gasteiger partial charge in [0.25, 0.3) is 0 Å². The van der Waals surface area contributed by atoms with Gasteiger partial charge in [-0.3, -0.25) is 4.98 Å². The highest BCUT2D eigenvalue weighted by Crippen LogP contribution is 2.41. The predicted octanol–water partition coefficient (Wildman–Crippen LogP) is 4.89. The minimum atomic E-state index is -0.162. The van der Waals surface area contributed by atoms with Crippen LogP contribution in [0.25, 0.3) is 0 Å². The summed E-state index contributed by atoms with van der Waals surface area (Å²) in [7, 11) is 0. The molecule has 0 aliphatic carbocycles. The number of aromatic nitrogens is 1. The van der Waals surface area contributed by atoms with Crippen LogP contribution in [-0.2, 0) is 23.3 Å². The van der Waals surface area contributed by atoms with E-state index in [1.807, 2.05) is 12.3 Å². The van der Waals surface area contributed by atoms with E-state index in [0.717, 1.165) is 31.6 Å².